The molecule has 0 saturated carbocycles. The Morgan fingerprint density at radius 3 is 2.93 bits per heavy atom. The normalized spacial score (nSPS) is 9.33. The first kappa shape index (κ1) is 11.5. The van der Waals surface area contributed by atoms with Crippen LogP contribution in [0.1, 0.15) is 5.56 Å². The summed E-state index contributed by atoms with van der Waals surface area (Å²) in [6.45, 7) is -0.438. The lowest BCUT2D eigenvalue weighted by Gasteiger charge is -2.06. The van der Waals surface area contributed by atoms with Gasteiger partial charge in [-0.05, 0) is 34.1 Å². The van der Waals surface area contributed by atoms with Crippen LogP contribution in [-0.2, 0) is 9.63 Å². The number of hydrogen-bond acceptors (Lipinski definition) is 4. The van der Waals surface area contributed by atoms with E-state index in [1.807, 2.05) is 6.07 Å². The van der Waals surface area contributed by atoms with E-state index in [9.17, 15) is 4.79 Å². The fourth-order valence-electron chi connectivity index (χ4n) is 0.843. The maximum Gasteiger partial charge on any atom is 0.332 e. The molecule has 0 atom stereocenters. The van der Waals surface area contributed by atoms with Crippen LogP contribution in [0.5, 0.6) is 0 Å². The molecule has 1 aromatic carbocycles. The highest BCUT2D eigenvalue weighted by atomic mass is 79.9. The summed E-state index contributed by atoms with van der Waals surface area (Å²) in [5, 5.41) is 16.9. The third kappa shape index (κ3) is 3.58. The van der Waals surface area contributed by atoms with E-state index in [1.165, 1.54) is 0 Å². The van der Waals surface area contributed by atoms with Crippen molar-refractivity contribution >= 4 is 27.6 Å². The molecule has 0 amide bonds. The van der Waals surface area contributed by atoms with E-state index >= 15 is 0 Å². The van der Waals surface area contributed by atoms with Crippen LogP contribution >= 0.6 is 15.9 Å². The van der Waals surface area contributed by atoms with Gasteiger partial charge in [-0.2, -0.15) is 5.26 Å². The highest BCUT2D eigenvalue weighted by Crippen LogP contribution is 2.23. The Balaban J connectivity index is 2.63. The first-order valence-corrected chi connectivity index (χ1v) is 4.72. The number of rotatable bonds is 4. The van der Waals surface area contributed by atoms with Crippen LogP contribution in [0.4, 0.5) is 5.69 Å². The van der Waals surface area contributed by atoms with Gasteiger partial charge in [-0.25, -0.2) is 4.79 Å². The first-order chi connectivity index (χ1) is 7.13. The van der Waals surface area contributed by atoms with Gasteiger partial charge in [0.05, 0.1) is 17.3 Å². The van der Waals surface area contributed by atoms with Crippen LogP contribution in [0.15, 0.2) is 22.7 Å². The maximum absolute atomic E-state index is 10.2. The van der Waals surface area contributed by atoms with Gasteiger partial charge in [0.25, 0.3) is 0 Å². The van der Waals surface area contributed by atoms with Crippen LogP contribution < -0.4 is 5.48 Å². The van der Waals surface area contributed by atoms with Gasteiger partial charge in [-0.15, -0.1) is 0 Å². The minimum absolute atomic E-state index is 0.438. The number of benzene rings is 1. The number of carboxylic acid groups (broad SMARTS) is 1. The van der Waals surface area contributed by atoms with E-state index < -0.39 is 12.6 Å². The molecule has 6 heteroatoms. The van der Waals surface area contributed by atoms with Crippen LogP contribution in [0, 0.1) is 11.3 Å². The molecule has 0 unspecified atom stereocenters. The predicted molar refractivity (Wildman–Crippen MR) is 56.1 cm³/mol. The summed E-state index contributed by atoms with van der Waals surface area (Å²) < 4.78 is 0.631. The molecule has 0 radical (unpaired) electrons. The highest BCUT2D eigenvalue weighted by molar-refractivity contribution is 9.10. The number of nitriles is 1. The molecule has 1 aromatic rings. The Bertz CT molecular complexity index is 414. The minimum Gasteiger partial charge on any atom is -0.479 e. The highest BCUT2D eigenvalue weighted by Gasteiger charge is 2.02. The summed E-state index contributed by atoms with van der Waals surface area (Å²) in [5.41, 5.74) is 3.53. The second-order valence-corrected chi connectivity index (χ2v) is 3.45. The molecular weight excluding hydrogens is 264 g/mol. The third-order valence-corrected chi connectivity index (χ3v) is 2.13. The van der Waals surface area contributed by atoms with Gasteiger partial charge in [0.1, 0.15) is 0 Å². The van der Waals surface area contributed by atoms with E-state index in [1.54, 1.807) is 18.2 Å². The summed E-state index contributed by atoms with van der Waals surface area (Å²) in [6, 6.07) is 6.79. The number of nitrogens with zero attached hydrogens (tertiary/aromatic N) is 1. The molecule has 2 N–H and O–H groups in total. The monoisotopic (exact) mass is 270 g/mol. The average molecular weight is 271 g/mol. The van der Waals surface area contributed by atoms with Crippen molar-refractivity contribution in [3.8, 4) is 6.07 Å². The van der Waals surface area contributed by atoms with Crippen molar-refractivity contribution in [2.24, 2.45) is 0 Å². The molecule has 15 heavy (non-hydrogen) atoms. The van der Waals surface area contributed by atoms with Crippen LogP contribution in [0.25, 0.3) is 0 Å². The zero-order valence-electron chi connectivity index (χ0n) is 7.53. The molecule has 0 heterocycles. The molecule has 0 aliphatic carbocycles. The van der Waals surface area contributed by atoms with Crippen molar-refractivity contribution in [2.45, 2.75) is 0 Å². The SMILES string of the molecule is N#Cc1ccc(NOCC(=O)O)c(Br)c1. The molecule has 0 fully saturated rings. The lowest BCUT2D eigenvalue weighted by molar-refractivity contribution is -0.141. The number of halogens is 1. The number of anilines is 1. The summed E-state index contributed by atoms with van der Waals surface area (Å²) in [6.07, 6.45) is 0. The van der Waals surface area contributed by atoms with Crippen molar-refractivity contribution in [3.05, 3.63) is 28.2 Å². The zero-order chi connectivity index (χ0) is 11.3. The standard InChI is InChI=1S/C9H7BrN2O3/c10-7-3-6(4-11)1-2-8(7)12-15-5-9(13)14/h1-3,12H,5H2,(H,13,14). The first-order valence-electron chi connectivity index (χ1n) is 3.92. The van der Waals surface area contributed by atoms with Crippen molar-refractivity contribution in [1.29, 1.82) is 5.26 Å². The van der Waals surface area contributed by atoms with E-state index in [4.69, 9.17) is 10.4 Å². The molecule has 0 saturated heterocycles. The van der Waals surface area contributed by atoms with Gasteiger partial charge in [0.15, 0.2) is 6.61 Å². The molecular formula is C9H7BrN2O3. The van der Waals surface area contributed by atoms with Gasteiger partial charge in [-0.3, -0.25) is 10.3 Å². The Hall–Kier alpha value is -1.58. The van der Waals surface area contributed by atoms with Gasteiger partial charge >= 0.3 is 5.97 Å². The minimum atomic E-state index is -1.06. The van der Waals surface area contributed by atoms with Gasteiger partial charge in [-0.1, -0.05) is 0 Å². The Kier molecular flexibility index (Phi) is 4.09. The molecule has 0 spiro atoms. The lowest BCUT2D eigenvalue weighted by atomic mass is 10.2. The second kappa shape index (κ2) is 5.34. The van der Waals surface area contributed by atoms with Gasteiger partial charge in [0.2, 0.25) is 0 Å². The van der Waals surface area contributed by atoms with Crippen molar-refractivity contribution in [1.82, 2.24) is 0 Å². The molecule has 0 bridgehead atoms. The lowest BCUT2D eigenvalue weighted by Crippen LogP contribution is -2.11. The van der Waals surface area contributed by atoms with Gasteiger partial charge in [0, 0.05) is 4.47 Å². The molecule has 5 nitrogen and oxygen atoms in total. The Labute approximate surface area is 94.4 Å². The average Bonchev–Trinajstić information content (AvgIpc) is 2.20. The predicted octanol–water partition coefficient (Wildman–Crippen LogP) is 1.75. The topological polar surface area (TPSA) is 82.3 Å². The van der Waals surface area contributed by atoms with Crippen molar-refractivity contribution in [3.63, 3.8) is 0 Å². The van der Waals surface area contributed by atoms with Crippen LogP contribution in [-0.4, -0.2) is 17.7 Å². The summed E-state index contributed by atoms with van der Waals surface area (Å²) in [5.74, 6) is -1.06. The number of carboxylic acids is 1. The number of nitrogens with one attached hydrogen (secondary N) is 1. The summed E-state index contributed by atoms with van der Waals surface area (Å²) >= 11 is 3.21. The maximum atomic E-state index is 10.2. The quantitative estimate of drug-likeness (QED) is 0.815. The van der Waals surface area contributed by atoms with E-state index in [2.05, 4.69) is 26.2 Å². The Morgan fingerprint density at radius 1 is 1.67 bits per heavy atom. The Morgan fingerprint density at radius 2 is 2.40 bits per heavy atom. The van der Waals surface area contributed by atoms with Gasteiger partial charge < -0.3 is 5.11 Å². The van der Waals surface area contributed by atoms with Crippen molar-refractivity contribution < 1.29 is 14.7 Å². The van der Waals surface area contributed by atoms with E-state index in [0.717, 1.165) is 0 Å². The van der Waals surface area contributed by atoms with E-state index in [-0.39, 0.29) is 0 Å². The summed E-state index contributed by atoms with van der Waals surface area (Å²) in [7, 11) is 0. The smallest absolute Gasteiger partial charge is 0.332 e. The molecule has 0 aliphatic heterocycles. The van der Waals surface area contributed by atoms with Crippen LogP contribution in [0.3, 0.4) is 0 Å². The summed E-state index contributed by atoms with van der Waals surface area (Å²) in [4.78, 5) is 14.8. The zero-order valence-corrected chi connectivity index (χ0v) is 9.11. The van der Waals surface area contributed by atoms with E-state index in [0.29, 0.717) is 15.7 Å². The molecule has 0 aromatic heterocycles. The molecule has 1 rings (SSSR count). The van der Waals surface area contributed by atoms with Crippen molar-refractivity contribution in [2.75, 3.05) is 12.1 Å². The fourth-order valence-corrected chi connectivity index (χ4v) is 1.30. The molecule has 0 aliphatic rings. The number of aliphatic carboxylic acids is 1. The second-order valence-electron chi connectivity index (χ2n) is 2.59. The number of hydrogen-bond donors (Lipinski definition) is 2. The third-order valence-electron chi connectivity index (χ3n) is 1.48. The fraction of sp³-hybridized carbons (Fsp3) is 0.111. The number of carbonyl (C=O) groups is 1. The molecule has 78 valence electrons. The largest absolute Gasteiger partial charge is 0.479 e. The van der Waals surface area contributed by atoms with Crippen LogP contribution in [0.2, 0.25) is 0 Å².